The second-order valence-corrected chi connectivity index (χ2v) is 9.81. The Labute approximate surface area is 203 Å². The molecule has 0 amide bonds. The average molecular weight is 463 g/mol. The van der Waals surface area contributed by atoms with Gasteiger partial charge in [-0.1, -0.05) is 49.4 Å². The van der Waals surface area contributed by atoms with E-state index in [1.54, 1.807) is 12.1 Å². The number of rotatable bonds is 9. The molecule has 0 bridgehead atoms. The van der Waals surface area contributed by atoms with Crippen LogP contribution in [-0.4, -0.2) is 6.61 Å². The maximum atomic E-state index is 14.8. The normalized spacial score (nSPS) is 19.1. The lowest BCUT2D eigenvalue weighted by Gasteiger charge is -2.29. The molecule has 3 aromatic carbocycles. The summed E-state index contributed by atoms with van der Waals surface area (Å²) in [6.45, 7) is 4.71. The molecule has 0 unspecified atom stereocenters. The zero-order chi connectivity index (χ0) is 23.9. The lowest BCUT2D eigenvalue weighted by molar-refractivity contribution is 0.309. The highest BCUT2D eigenvalue weighted by Crippen LogP contribution is 2.38. The van der Waals surface area contributed by atoms with Crippen LogP contribution in [0.15, 0.2) is 66.7 Å². The van der Waals surface area contributed by atoms with Gasteiger partial charge in [0.2, 0.25) is 0 Å². The van der Waals surface area contributed by atoms with Crippen molar-refractivity contribution in [1.82, 2.24) is 0 Å². The highest BCUT2D eigenvalue weighted by molar-refractivity contribution is 5.31. The van der Waals surface area contributed by atoms with Crippen LogP contribution in [0.3, 0.4) is 0 Å². The Balaban J connectivity index is 1.28. The van der Waals surface area contributed by atoms with Crippen molar-refractivity contribution in [2.45, 2.75) is 70.6 Å². The molecule has 0 saturated heterocycles. The minimum Gasteiger partial charge on any atom is -0.494 e. The van der Waals surface area contributed by atoms with Gasteiger partial charge < -0.3 is 4.74 Å². The molecule has 0 aromatic heterocycles. The number of aryl methyl sites for hydroxylation is 1. The minimum absolute atomic E-state index is 0.0709. The van der Waals surface area contributed by atoms with Gasteiger partial charge in [0.15, 0.2) is 0 Å². The summed E-state index contributed by atoms with van der Waals surface area (Å²) in [7, 11) is 0. The van der Waals surface area contributed by atoms with Gasteiger partial charge in [0.1, 0.15) is 17.4 Å². The molecular formula is C31H36F2O. The lowest BCUT2D eigenvalue weighted by atomic mass is 9.77. The molecule has 1 nitrogen and oxygen atoms in total. The Hall–Kier alpha value is -2.68. The molecule has 180 valence electrons. The summed E-state index contributed by atoms with van der Waals surface area (Å²) >= 11 is 0. The summed E-state index contributed by atoms with van der Waals surface area (Å²) in [4.78, 5) is 0. The number of benzene rings is 3. The van der Waals surface area contributed by atoms with Crippen molar-refractivity contribution in [2.24, 2.45) is 5.92 Å². The fraction of sp³-hybridized carbons (Fsp3) is 0.419. The van der Waals surface area contributed by atoms with Crippen LogP contribution in [0, 0.1) is 17.6 Å². The summed E-state index contributed by atoms with van der Waals surface area (Å²) in [6, 6.07) is 21.6. The number of hydrogen-bond donors (Lipinski definition) is 0. The first-order valence-corrected chi connectivity index (χ1v) is 12.8. The van der Waals surface area contributed by atoms with Crippen LogP contribution in [0.2, 0.25) is 0 Å². The Kier molecular flexibility index (Phi) is 8.37. The van der Waals surface area contributed by atoms with E-state index in [9.17, 15) is 8.78 Å². The van der Waals surface area contributed by atoms with E-state index < -0.39 is 11.6 Å². The van der Waals surface area contributed by atoms with Gasteiger partial charge in [-0.25, -0.2) is 8.78 Å². The van der Waals surface area contributed by atoms with E-state index >= 15 is 0 Å². The second kappa shape index (κ2) is 11.6. The highest BCUT2D eigenvalue weighted by atomic mass is 19.1. The van der Waals surface area contributed by atoms with Gasteiger partial charge in [-0.15, -0.1) is 0 Å². The summed E-state index contributed by atoms with van der Waals surface area (Å²) in [6.07, 6.45) is 6.81. The molecule has 1 aliphatic rings. The van der Waals surface area contributed by atoms with Gasteiger partial charge in [-0.3, -0.25) is 0 Å². The third-order valence-electron chi connectivity index (χ3n) is 7.43. The summed E-state index contributed by atoms with van der Waals surface area (Å²) in [5.74, 6) is 1.42. The molecule has 0 radical (unpaired) electrons. The van der Waals surface area contributed by atoms with Crippen LogP contribution >= 0.6 is 0 Å². The summed E-state index contributed by atoms with van der Waals surface area (Å²) in [5, 5.41) is 0. The predicted octanol–water partition coefficient (Wildman–Crippen LogP) is 8.62. The van der Waals surface area contributed by atoms with Crippen LogP contribution in [0.1, 0.15) is 80.0 Å². The fourth-order valence-electron chi connectivity index (χ4n) is 5.36. The molecule has 1 aliphatic carbocycles. The Morgan fingerprint density at radius 2 is 1.53 bits per heavy atom. The summed E-state index contributed by atoms with van der Waals surface area (Å²) < 4.78 is 35.2. The molecule has 0 aliphatic heterocycles. The third kappa shape index (κ3) is 6.25. The maximum Gasteiger partial charge on any atom is 0.129 e. The molecule has 0 N–H and O–H groups in total. The molecule has 1 fully saturated rings. The standard InChI is InChI=1S/C31H36F2O/c1-3-34-28-17-15-27(16-18-28)26-13-11-23(12-14-26)9-10-24-20-30(32)29(31(33)21-24)19-22(2)25-7-5-4-6-8-25/h4-8,15-18,20-23,26H,3,9-14,19H2,1-2H3/t22-,23?,26?/m0/s1. The van der Waals surface area contributed by atoms with Crippen molar-refractivity contribution >= 4 is 0 Å². The van der Waals surface area contributed by atoms with E-state index in [-0.39, 0.29) is 11.5 Å². The number of hydrogen-bond acceptors (Lipinski definition) is 1. The van der Waals surface area contributed by atoms with Gasteiger partial charge in [0.25, 0.3) is 0 Å². The van der Waals surface area contributed by atoms with Gasteiger partial charge in [0.05, 0.1) is 6.61 Å². The van der Waals surface area contributed by atoms with Crippen molar-refractivity contribution in [3.8, 4) is 5.75 Å². The van der Waals surface area contributed by atoms with Gasteiger partial charge in [-0.05, 0) is 111 Å². The monoisotopic (exact) mass is 462 g/mol. The van der Waals surface area contributed by atoms with Crippen LogP contribution in [0.25, 0.3) is 0 Å². The van der Waals surface area contributed by atoms with Gasteiger partial charge in [0, 0.05) is 5.56 Å². The molecular weight excluding hydrogens is 426 g/mol. The smallest absolute Gasteiger partial charge is 0.129 e. The molecule has 0 heterocycles. The first-order chi connectivity index (χ1) is 16.5. The molecule has 0 spiro atoms. The van der Waals surface area contributed by atoms with E-state index in [4.69, 9.17) is 4.74 Å². The second-order valence-electron chi connectivity index (χ2n) is 9.81. The Bertz CT molecular complexity index is 1010. The van der Waals surface area contributed by atoms with Gasteiger partial charge in [-0.2, -0.15) is 0 Å². The van der Waals surface area contributed by atoms with Crippen molar-refractivity contribution in [1.29, 1.82) is 0 Å². The zero-order valence-corrected chi connectivity index (χ0v) is 20.4. The molecule has 34 heavy (non-hydrogen) atoms. The van der Waals surface area contributed by atoms with E-state index in [2.05, 4.69) is 24.3 Å². The zero-order valence-electron chi connectivity index (χ0n) is 20.4. The van der Waals surface area contributed by atoms with Crippen LogP contribution in [0.5, 0.6) is 5.75 Å². The molecule has 4 rings (SSSR count). The predicted molar refractivity (Wildman–Crippen MR) is 136 cm³/mol. The molecule has 3 heteroatoms. The van der Waals surface area contributed by atoms with Crippen molar-refractivity contribution in [3.63, 3.8) is 0 Å². The quantitative estimate of drug-likeness (QED) is 0.309. The van der Waals surface area contributed by atoms with E-state index in [1.165, 1.54) is 31.2 Å². The van der Waals surface area contributed by atoms with E-state index in [0.717, 1.165) is 29.7 Å². The highest BCUT2D eigenvalue weighted by Gasteiger charge is 2.23. The van der Waals surface area contributed by atoms with Crippen LogP contribution in [0.4, 0.5) is 8.78 Å². The molecule has 3 aromatic rings. The number of ether oxygens (including phenoxy) is 1. The average Bonchev–Trinajstić information content (AvgIpc) is 2.86. The van der Waals surface area contributed by atoms with Crippen molar-refractivity contribution in [3.05, 3.63) is 101 Å². The lowest BCUT2D eigenvalue weighted by Crippen LogP contribution is -2.14. The SMILES string of the molecule is CCOc1ccc(C2CCC(CCc3cc(F)c(C[C@H](C)c4ccccc4)c(F)c3)CC2)cc1. The fourth-order valence-corrected chi connectivity index (χ4v) is 5.36. The topological polar surface area (TPSA) is 9.23 Å². The van der Waals surface area contributed by atoms with Crippen molar-refractivity contribution in [2.75, 3.05) is 6.61 Å². The van der Waals surface area contributed by atoms with Crippen LogP contribution < -0.4 is 4.74 Å². The largest absolute Gasteiger partial charge is 0.494 e. The van der Waals surface area contributed by atoms with Crippen LogP contribution in [-0.2, 0) is 12.8 Å². The first-order valence-electron chi connectivity index (χ1n) is 12.8. The number of halogens is 2. The maximum absolute atomic E-state index is 14.8. The Morgan fingerprint density at radius 1 is 0.882 bits per heavy atom. The van der Waals surface area contributed by atoms with Gasteiger partial charge >= 0.3 is 0 Å². The first kappa shape index (κ1) is 24.4. The van der Waals surface area contributed by atoms with Crippen molar-refractivity contribution < 1.29 is 13.5 Å². The minimum atomic E-state index is -0.406. The van der Waals surface area contributed by atoms with E-state index in [1.807, 2.05) is 44.2 Å². The van der Waals surface area contributed by atoms with E-state index in [0.29, 0.717) is 24.9 Å². The molecule has 1 saturated carbocycles. The summed E-state index contributed by atoms with van der Waals surface area (Å²) in [5.41, 5.74) is 3.48. The molecule has 1 atom stereocenters. The third-order valence-corrected chi connectivity index (χ3v) is 7.43. The Morgan fingerprint density at radius 3 is 2.15 bits per heavy atom.